The number of aromatic nitrogens is 5. The van der Waals surface area contributed by atoms with E-state index in [1.165, 1.54) is 0 Å². The van der Waals surface area contributed by atoms with Gasteiger partial charge in [-0.3, -0.25) is 4.57 Å². The number of hydrogen-bond acceptors (Lipinski definition) is 5. The van der Waals surface area contributed by atoms with Crippen LogP contribution in [0.1, 0.15) is 30.3 Å². The van der Waals surface area contributed by atoms with Crippen molar-refractivity contribution in [1.29, 1.82) is 0 Å². The van der Waals surface area contributed by atoms with E-state index in [0.717, 1.165) is 49.1 Å². The predicted molar refractivity (Wildman–Crippen MR) is 92.3 cm³/mol. The van der Waals surface area contributed by atoms with E-state index in [1.807, 2.05) is 36.0 Å². The van der Waals surface area contributed by atoms with Crippen molar-refractivity contribution in [3.8, 4) is 5.82 Å². The number of hydrogen-bond donors (Lipinski definition) is 0. The number of anilines is 1. The Bertz CT molecular complexity index is 814. The monoisotopic (exact) mass is 320 g/mol. The molecule has 4 rings (SSSR count). The summed E-state index contributed by atoms with van der Waals surface area (Å²) in [5, 5.41) is 0. The van der Waals surface area contributed by atoms with E-state index < -0.39 is 0 Å². The molecule has 24 heavy (non-hydrogen) atoms. The molecule has 0 bridgehead atoms. The van der Waals surface area contributed by atoms with Crippen molar-refractivity contribution in [3.05, 3.63) is 60.7 Å². The molecule has 4 heterocycles. The van der Waals surface area contributed by atoms with Crippen molar-refractivity contribution < 1.29 is 0 Å². The lowest BCUT2D eigenvalue weighted by Crippen LogP contribution is -2.35. The standard InChI is InChI=1S/C18H20N6/c1-14-20-8-7-18(21-14)23-10-3-4-15(12-23)16-5-2-6-17(22-16)24-11-9-19-13-24/h2,5-9,11,13,15H,3-4,10,12H2,1H3/t15-/m1/s1. The average Bonchev–Trinajstić information content (AvgIpc) is 3.17. The molecule has 0 aromatic carbocycles. The van der Waals surface area contributed by atoms with Gasteiger partial charge in [-0.1, -0.05) is 6.07 Å². The van der Waals surface area contributed by atoms with Gasteiger partial charge in [0.25, 0.3) is 0 Å². The molecule has 0 amide bonds. The number of imidazole rings is 1. The van der Waals surface area contributed by atoms with Crippen molar-refractivity contribution >= 4 is 5.82 Å². The van der Waals surface area contributed by atoms with E-state index in [9.17, 15) is 0 Å². The second kappa shape index (κ2) is 6.39. The molecule has 0 radical (unpaired) electrons. The molecular weight excluding hydrogens is 300 g/mol. The van der Waals surface area contributed by atoms with Crippen LogP contribution >= 0.6 is 0 Å². The second-order valence-electron chi connectivity index (χ2n) is 6.14. The summed E-state index contributed by atoms with van der Waals surface area (Å²) in [5.41, 5.74) is 1.14. The van der Waals surface area contributed by atoms with Crippen LogP contribution in [0.25, 0.3) is 5.82 Å². The highest BCUT2D eigenvalue weighted by molar-refractivity contribution is 5.39. The van der Waals surface area contributed by atoms with Gasteiger partial charge in [0.05, 0.1) is 0 Å². The van der Waals surface area contributed by atoms with Crippen molar-refractivity contribution in [2.45, 2.75) is 25.7 Å². The molecular formula is C18H20N6. The van der Waals surface area contributed by atoms with Gasteiger partial charge >= 0.3 is 0 Å². The molecule has 1 aliphatic rings. The maximum atomic E-state index is 4.85. The molecule has 6 heteroatoms. The van der Waals surface area contributed by atoms with Crippen LogP contribution < -0.4 is 4.90 Å². The van der Waals surface area contributed by atoms with Gasteiger partial charge in [-0.15, -0.1) is 0 Å². The molecule has 1 fully saturated rings. The molecule has 1 aliphatic heterocycles. The number of rotatable bonds is 3. The van der Waals surface area contributed by atoms with E-state index >= 15 is 0 Å². The summed E-state index contributed by atoms with van der Waals surface area (Å²) >= 11 is 0. The third-order valence-corrected chi connectivity index (χ3v) is 4.45. The third-order valence-electron chi connectivity index (χ3n) is 4.45. The van der Waals surface area contributed by atoms with Crippen molar-refractivity contribution in [2.75, 3.05) is 18.0 Å². The number of nitrogens with zero attached hydrogens (tertiary/aromatic N) is 6. The summed E-state index contributed by atoms with van der Waals surface area (Å²) in [7, 11) is 0. The number of pyridine rings is 1. The zero-order valence-corrected chi connectivity index (χ0v) is 13.7. The Morgan fingerprint density at radius 2 is 2.04 bits per heavy atom. The summed E-state index contributed by atoms with van der Waals surface area (Å²) in [6, 6.07) is 8.20. The molecule has 1 atom stereocenters. The summed E-state index contributed by atoms with van der Waals surface area (Å²) in [6.45, 7) is 3.91. The Hall–Kier alpha value is -2.76. The van der Waals surface area contributed by atoms with Crippen LogP contribution in [0.4, 0.5) is 5.82 Å². The smallest absolute Gasteiger partial charge is 0.138 e. The van der Waals surface area contributed by atoms with Crippen LogP contribution in [0.3, 0.4) is 0 Å². The molecule has 0 aliphatic carbocycles. The fourth-order valence-electron chi connectivity index (χ4n) is 3.25. The first-order valence-corrected chi connectivity index (χ1v) is 8.29. The molecule has 0 saturated carbocycles. The zero-order valence-electron chi connectivity index (χ0n) is 13.7. The number of piperidine rings is 1. The maximum Gasteiger partial charge on any atom is 0.138 e. The normalized spacial score (nSPS) is 17.9. The summed E-state index contributed by atoms with van der Waals surface area (Å²) in [4.78, 5) is 20.0. The van der Waals surface area contributed by atoms with Gasteiger partial charge in [0, 0.05) is 43.3 Å². The lowest BCUT2D eigenvalue weighted by atomic mass is 9.94. The van der Waals surface area contributed by atoms with E-state index in [2.05, 4.69) is 32.0 Å². The number of aryl methyl sites for hydroxylation is 1. The highest BCUT2D eigenvalue weighted by Gasteiger charge is 2.23. The summed E-state index contributed by atoms with van der Waals surface area (Å²) in [6.07, 6.45) is 9.60. The van der Waals surface area contributed by atoms with Gasteiger partial charge in [0.2, 0.25) is 0 Å². The lowest BCUT2D eigenvalue weighted by molar-refractivity contribution is 0.497. The van der Waals surface area contributed by atoms with Gasteiger partial charge in [0.1, 0.15) is 23.8 Å². The Labute approximate surface area is 141 Å². The minimum absolute atomic E-state index is 0.414. The van der Waals surface area contributed by atoms with Gasteiger partial charge in [0.15, 0.2) is 0 Å². The topological polar surface area (TPSA) is 59.7 Å². The van der Waals surface area contributed by atoms with Crippen LogP contribution in [-0.2, 0) is 0 Å². The van der Waals surface area contributed by atoms with Crippen molar-refractivity contribution in [1.82, 2.24) is 24.5 Å². The highest BCUT2D eigenvalue weighted by atomic mass is 15.2. The minimum Gasteiger partial charge on any atom is -0.356 e. The minimum atomic E-state index is 0.414. The van der Waals surface area contributed by atoms with Crippen LogP contribution in [0.2, 0.25) is 0 Å². The first-order valence-electron chi connectivity index (χ1n) is 8.29. The van der Waals surface area contributed by atoms with Gasteiger partial charge in [-0.05, 0) is 38.0 Å². The SMILES string of the molecule is Cc1nccc(N2CCC[C@@H](c3cccc(-n4ccnc4)n3)C2)n1. The Morgan fingerprint density at radius 1 is 1.08 bits per heavy atom. The molecule has 1 saturated heterocycles. The molecule has 0 N–H and O–H groups in total. The van der Waals surface area contributed by atoms with E-state index in [4.69, 9.17) is 4.98 Å². The van der Waals surface area contributed by atoms with E-state index in [0.29, 0.717) is 5.92 Å². The van der Waals surface area contributed by atoms with Crippen molar-refractivity contribution in [2.24, 2.45) is 0 Å². The third kappa shape index (κ3) is 2.99. The Morgan fingerprint density at radius 3 is 2.88 bits per heavy atom. The van der Waals surface area contributed by atoms with Crippen LogP contribution in [0.5, 0.6) is 0 Å². The first kappa shape index (κ1) is 14.8. The van der Waals surface area contributed by atoms with Gasteiger partial charge in [-0.2, -0.15) is 0 Å². The molecule has 3 aromatic heterocycles. The average molecular weight is 320 g/mol. The highest BCUT2D eigenvalue weighted by Crippen LogP contribution is 2.28. The maximum absolute atomic E-state index is 4.85. The Kier molecular flexibility index (Phi) is 3.94. The largest absolute Gasteiger partial charge is 0.356 e. The molecule has 122 valence electrons. The van der Waals surface area contributed by atoms with Crippen LogP contribution in [0.15, 0.2) is 49.2 Å². The Balaban J connectivity index is 1.57. The molecule has 3 aromatic rings. The van der Waals surface area contributed by atoms with Crippen LogP contribution in [0, 0.1) is 6.92 Å². The van der Waals surface area contributed by atoms with E-state index in [-0.39, 0.29) is 0 Å². The molecule has 0 unspecified atom stereocenters. The van der Waals surface area contributed by atoms with Gasteiger partial charge < -0.3 is 4.90 Å². The quantitative estimate of drug-likeness (QED) is 0.742. The summed E-state index contributed by atoms with van der Waals surface area (Å²) < 4.78 is 1.94. The van der Waals surface area contributed by atoms with Crippen LogP contribution in [-0.4, -0.2) is 37.6 Å². The fraction of sp³-hybridized carbons (Fsp3) is 0.333. The fourth-order valence-corrected chi connectivity index (χ4v) is 3.25. The predicted octanol–water partition coefficient (Wildman–Crippen LogP) is 2.75. The zero-order chi connectivity index (χ0) is 16.4. The second-order valence-corrected chi connectivity index (χ2v) is 6.14. The molecule has 6 nitrogen and oxygen atoms in total. The first-order chi connectivity index (χ1) is 11.8. The van der Waals surface area contributed by atoms with Gasteiger partial charge in [-0.25, -0.2) is 19.9 Å². The lowest BCUT2D eigenvalue weighted by Gasteiger charge is -2.33. The van der Waals surface area contributed by atoms with E-state index in [1.54, 1.807) is 12.5 Å². The van der Waals surface area contributed by atoms with Crippen molar-refractivity contribution in [3.63, 3.8) is 0 Å². The summed E-state index contributed by atoms with van der Waals surface area (Å²) in [5.74, 6) is 3.16. The molecule has 0 spiro atoms.